The third kappa shape index (κ3) is 5.27. The van der Waals surface area contributed by atoms with E-state index in [1.54, 1.807) is 0 Å². The van der Waals surface area contributed by atoms with Crippen LogP contribution in [0.1, 0.15) is 80.1 Å². The van der Waals surface area contributed by atoms with E-state index in [0.29, 0.717) is 11.8 Å². The molecule has 4 unspecified atom stereocenters. The van der Waals surface area contributed by atoms with E-state index in [0.717, 1.165) is 12.8 Å². The molecule has 0 aromatic carbocycles. The van der Waals surface area contributed by atoms with Crippen LogP contribution in [0, 0.1) is 11.8 Å². The average molecular weight is 258 g/mol. The minimum absolute atomic E-state index is 0.347. The molecule has 0 aromatic heterocycles. The molecule has 2 aliphatic rings. The third-order valence-corrected chi connectivity index (χ3v) is 4.76. The van der Waals surface area contributed by atoms with E-state index in [2.05, 4.69) is 13.8 Å². The second-order valence-electron chi connectivity index (χ2n) is 6.30. The highest BCUT2D eigenvalue weighted by Gasteiger charge is 2.33. The lowest BCUT2D eigenvalue weighted by atomic mass is 9.95. The van der Waals surface area contributed by atoms with Gasteiger partial charge in [-0.05, 0) is 51.4 Å². The summed E-state index contributed by atoms with van der Waals surface area (Å²) in [4.78, 5) is 0. The Hall–Kier alpha value is -0.0800. The Balaban J connectivity index is 0.000000283. The van der Waals surface area contributed by atoms with Crippen molar-refractivity contribution in [3.8, 4) is 0 Å². The lowest BCUT2D eigenvalue weighted by Gasteiger charge is -2.20. The summed E-state index contributed by atoms with van der Waals surface area (Å²) in [7, 11) is 0. The van der Waals surface area contributed by atoms with Gasteiger partial charge in [0.15, 0.2) is 0 Å². The van der Waals surface area contributed by atoms with Crippen LogP contribution in [0.15, 0.2) is 0 Å². The maximum absolute atomic E-state index is 9.46. The van der Waals surface area contributed by atoms with Gasteiger partial charge in [0.25, 0.3) is 0 Å². The monoisotopic (exact) mass is 258 g/mol. The van der Waals surface area contributed by atoms with Gasteiger partial charge in [-0.25, -0.2) is 0 Å². The second-order valence-corrected chi connectivity index (χ2v) is 6.30. The SMILES string of the molecule is CC.CC1CCCC1(C)O.CC1CCCC1(C)O. The molecule has 0 aliphatic heterocycles. The summed E-state index contributed by atoms with van der Waals surface area (Å²) < 4.78 is 0. The van der Waals surface area contributed by atoms with Gasteiger partial charge in [-0.1, -0.05) is 40.5 Å². The summed E-state index contributed by atoms with van der Waals surface area (Å²) in [6, 6.07) is 0. The number of hydrogen-bond donors (Lipinski definition) is 2. The molecule has 2 rings (SSSR count). The van der Waals surface area contributed by atoms with Gasteiger partial charge >= 0.3 is 0 Å². The molecule has 0 radical (unpaired) electrons. The molecule has 2 heteroatoms. The molecule has 2 N–H and O–H groups in total. The van der Waals surface area contributed by atoms with Crippen LogP contribution >= 0.6 is 0 Å². The fourth-order valence-electron chi connectivity index (χ4n) is 2.65. The molecule has 110 valence electrons. The van der Waals surface area contributed by atoms with Crippen LogP contribution < -0.4 is 0 Å². The summed E-state index contributed by atoms with van der Waals surface area (Å²) in [5.74, 6) is 1.03. The minimum Gasteiger partial charge on any atom is -0.390 e. The van der Waals surface area contributed by atoms with E-state index in [1.165, 1.54) is 25.7 Å². The highest BCUT2D eigenvalue weighted by molar-refractivity contribution is 4.85. The average Bonchev–Trinajstić information content (AvgIpc) is 2.75. The highest BCUT2D eigenvalue weighted by atomic mass is 16.3. The van der Waals surface area contributed by atoms with Crippen molar-refractivity contribution in [2.45, 2.75) is 91.3 Å². The number of aliphatic hydroxyl groups is 2. The molecule has 0 amide bonds. The molecule has 0 spiro atoms. The zero-order valence-corrected chi connectivity index (χ0v) is 13.3. The van der Waals surface area contributed by atoms with Crippen molar-refractivity contribution in [2.75, 3.05) is 0 Å². The normalized spacial score (nSPS) is 42.7. The molecular weight excluding hydrogens is 224 g/mol. The van der Waals surface area contributed by atoms with Gasteiger partial charge in [0.05, 0.1) is 11.2 Å². The van der Waals surface area contributed by atoms with Crippen molar-refractivity contribution in [2.24, 2.45) is 11.8 Å². The molecule has 0 saturated heterocycles. The molecular formula is C16H34O2. The summed E-state index contributed by atoms with van der Waals surface area (Å²) in [6.45, 7) is 12.1. The lowest BCUT2D eigenvalue weighted by molar-refractivity contribution is 0.0280. The van der Waals surface area contributed by atoms with Gasteiger partial charge in [-0.2, -0.15) is 0 Å². The van der Waals surface area contributed by atoms with Gasteiger partial charge in [-0.3, -0.25) is 0 Å². The first-order chi connectivity index (χ1) is 8.26. The zero-order chi connectivity index (χ0) is 14.4. The van der Waals surface area contributed by atoms with Crippen LogP contribution in [-0.2, 0) is 0 Å². The number of hydrogen-bond acceptors (Lipinski definition) is 2. The Morgan fingerprint density at radius 2 is 1.06 bits per heavy atom. The summed E-state index contributed by atoms with van der Waals surface area (Å²) in [6.07, 6.45) is 6.80. The minimum atomic E-state index is -0.347. The first kappa shape index (κ1) is 17.9. The van der Waals surface area contributed by atoms with E-state index in [9.17, 15) is 10.2 Å². The quantitative estimate of drug-likeness (QED) is 0.685. The molecule has 18 heavy (non-hydrogen) atoms. The Morgan fingerprint density at radius 1 is 0.778 bits per heavy atom. The molecule has 2 saturated carbocycles. The van der Waals surface area contributed by atoms with E-state index in [4.69, 9.17) is 0 Å². The van der Waals surface area contributed by atoms with Crippen molar-refractivity contribution in [1.29, 1.82) is 0 Å². The zero-order valence-electron chi connectivity index (χ0n) is 13.3. The van der Waals surface area contributed by atoms with Crippen molar-refractivity contribution in [1.82, 2.24) is 0 Å². The first-order valence-electron chi connectivity index (χ1n) is 7.70. The van der Waals surface area contributed by atoms with Crippen LogP contribution in [0.25, 0.3) is 0 Å². The summed E-state index contributed by atoms with van der Waals surface area (Å²) in [5, 5.41) is 18.9. The van der Waals surface area contributed by atoms with Gasteiger partial charge in [0.2, 0.25) is 0 Å². The van der Waals surface area contributed by atoms with Crippen molar-refractivity contribution < 1.29 is 10.2 Å². The number of rotatable bonds is 0. The Bertz CT molecular complexity index is 197. The molecule has 4 atom stereocenters. The molecule has 0 aromatic rings. The van der Waals surface area contributed by atoms with Crippen molar-refractivity contribution in [3.63, 3.8) is 0 Å². The maximum Gasteiger partial charge on any atom is 0.0645 e. The fraction of sp³-hybridized carbons (Fsp3) is 1.00. The van der Waals surface area contributed by atoms with Crippen molar-refractivity contribution in [3.05, 3.63) is 0 Å². The first-order valence-corrected chi connectivity index (χ1v) is 7.70. The molecule has 2 nitrogen and oxygen atoms in total. The maximum atomic E-state index is 9.46. The Kier molecular flexibility index (Phi) is 7.46. The summed E-state index contributed by atoms with van der Waals surface area (Å²) >= 11 is 0. The van der Waals surface area contributed by atoms with Crippen LogP contribution in [0.5, 0.6) is 0 Å². The van der Waals surface area contributed by atoms with Crippen molar-refractivity contribution >= 4 is 0 Å². The predicted molar refractivity (Wildman–Crippen MR) is 78.6 cm³/mol. The Labute approximate surface area is 114 Å². The smallest absolute Gasteiger partial charge is 0.0645 e. The van der Waals surface area contributed by atoms with Gasteiger partial charge in [-0.15, -0.1) is 0 Å². The predicted octanol–water partition coefficient (Wildman–Crippen LogP) is 4.14. The van der Waals surface area contributed by atoms with Gasteiger partial charge < -0.3 is 10.2 Å². The van der Waals surface area contributed by atoms with Crippen LogP contribution in [0.2, 0.25) is 0 Å². The molecule has 0 bridgehead atoms. The lowest BCUT2D eigenvalue weighted by Crippen LogP contribution is -2.26. The molecule has 2 fully saturated rings. The Morgan fingerprint density at radius 3 is 1.11 bits per heavy atom. The van der Waals surface area contributed by atoms with Gasteiger partial charge in [0, 0.05) is 0 Å². The van der Waals surface area contributed by atoms with E-state index >= 15 is 0 Å². The second kappa shape index (κ2) is 7.49. The van der Waals surface area contributed by atoms with E-state index < -0.39 is 0 Å². The largest absolute Gasteiger partial charge is 0.390 e. The third-order valence-electron chi connectivity index (χ3n) is 4.76. The topological polar surface area (TPSA) is 40.5 Å². The van der Waals surface area contributed by atoms with Gasteiger partial charge in [0.1, 0.15) is 0 Å². The summed E-state index contributed by atoms with van der Waals surface area (Å²) in [5.41, 5.74) is -0.694. The molecule has 2 aliphatic carbocycles. The van der Waals surface area contributed by atoms with Crippen LogP contribution in [0.3, 0.4) is 0 Å². The molecule has 0 heterocycles. The highest BCUT2D eigenvalue weighted by Crippen LogP contribution is 2.34. The standard InChI is InChI=1S/2C7H14O.C2H6/c2*1-6-4-3-5-7(6,2)8;1-2/h2*6,8H,3-5H2,1-2H3;1-2H3. The van der Waals surface area contributed by atoms with Crippen LogP contribution in [0.4, 0.5) is 0 Å². The van der Waals surface area contributed by atoms with Crippen LogP contribution in [-0.4, -0.2) is 21.4 Å². The van der Waals surface area contributed by atoms with E-state index in [-0.39, 0.29) is 11.2 Å². The fourth-order valence-corrected chi connectivity index (χ4v) is 2.65. The van der Waals surface area contributed by atoms with E-state index in [1.807, 2.05) is 27.7 Å².